The summed E-state index contributed by atoms with van der Waals surface area (Å²) in [6, 6.07) is 10.7. The molecule has 3 aromatic heterocycles. The van der Waals surface area contributed by atoms with Crippen molar-refractivity contribution in [1.82, 2.24) is 28.8 Å². The van der Waals surface area contributed by atoms with Crippen molar-refractivity contribution in [2.75, 3.05) is 19.7 Å². The van der Waals surface area contributed by atoms with Gasteiger partial charge in [-0.25, -0.2) is 0 Å². The highest BCUT2D eigenvalue weighted by Crippen LogP contribution is 2.50. The van der Waals surface area contributed by atoms with Gasteiger partial charge < -0.3 is 18.6 Å². The van der Waals surface area contributed by atoms with Gasteiger partial charge >= 0.3 is 6.61 Å². The lowest BCUT2D eigenvalue weighted by Gasteiger charge is -2.46. The van der Waals surface area contributed by atoms with E-state index in [1.54, 1.807) is 21.7 Å². The number of halogens is 3. The van der Waals surface area contributed by atoms with Gasteiger partial charge in [-0.05, 0) is 68.0 Å². The quantitative estimate of drug-likeness (QED) is 0.120. The number of benzene rings is 1. The molecule has 0 bridgehead atoms. The molecule has 1 aromatic carbocycles. The summed E-state index contributed by atoms with van der Waals surface area (Å²) in [4.78, 5) is 16.9. The molecular weight excluding hydrogens is 642 g/mol. The molecule has 1 atom stereocenters. The third-order valence-electron chi connectivity index (χ3n) is 9.71. The Kier molecular flexibility index (Phi) is 9.79. The van der Waals surface area contributed by atoms with Crippen molar-refractivity contribution in [2.24, 2.45) is 13.0 Å². The van der Waals surface area contributed by atoms with Crippen LogP contribution >= 0.6 is 11.6 Å². The molecule has 4 aromatic rings. The number of rotatable bonds is 12. The Morgan fingerprint density at radius 2 is 1.98 bits per heavy atom. The Labute approximate surface area is 280 Å². The fourth-order valence-electron chi connectivity index (χ4n) is 7.21. The van der Waals surface area contributed by atoms with Gasteiger partial charge in [0, 0.05) is 57.8 Å². The Bertz CT molecular complexity index is 1780. The highest BCUT2D eigenvalue weighted by molar-refractivity contribution is 6.76. The molecule has 0 spiro atoms. The minimum absolute atomic E-state index is 0.200. The number of aryl methyl sites for hydroxylation is 1. The first-order chi connectivity index (χ1) is 22.3. The van der Waals surface area contributed by atoms with Crippen LogP contribution in [0.1, 0.15) is 49.7 Å². The molecule has 2 fully saturated rings. The summed E-state index contributed by atoms with van der Waals surface area (Å²) in [5.41, 5.74) is 2.08. The lowest BCUT2D eigenvalue weighted by molar-refractivity contribution is -0.192. The number of aromatic nitrogens is 5. The SMILES string of the molecule is C[C@H]1CCCN(Cc2cc3c(Cl)cn(-c4cccc(C5(c6nncn6C)CC(OC(F)F)C5)c4)c(=O)c3n2COCC[Si](C)(C)C)C1. The lowest BCUT2D eigenvalue weighted by Crippen LogP contribution is -2.49. The Morgan fingerprint density at radius 3 is 2.66 bits per heavy atom. The third kappa shape index (κ3) is 7.12. The zero-order chi connectivity index (χ0) is 33.5. The van der Waals surface area contributed by atoms with Gasteiger partial charge in [-0.15, -0.1) is 10.2 Å². The number of pyridine rings is 1. The molecule has 1 saturated heterocycles. The van der Waals surface area contributed by atoms with Crippen LogP contribution in [0.5, 0.6) is 0 Å². The van der Waals surface area contributed by atoms with Crippen LogP contribution in [0.3, 0.4) is 0 Å². The standard InChI is InChI=1S/C34H45ClF2N6O3Si/c1-23-8-7-11-41(18-23)19-26-15-28-29(35)20-42(31(44)30(28)43(26)22-45-12-13-47(3,4)5)25-10-6-9-24(14-25)34(32-39-38-21-40(32)2)16-27(17-34)46-33(36)37/h6,9-10,14-15,20-21,23,27,33H,7-8,11-13,16-19,22H2,1-5H3/t23-,27?,34?/m0/s1. The van der Waals surface area contributed by atoms with Gasteiger partial charge in [-0.2, -0.15) is 8.78 Å². The average Bonchev–Trinajstić information content (AvgIpc) is 3.58. The predicted molar refractivity (Wildman–Crippen MR) is 182 cm³/mol. The molecule has 1 aliphatic carbocycles. The zero-order valence-electron chi connectivity index (χ0n) is 27.9. The van der Waals surface area contributed by atoms with Crippen molar-refractivity contribution < 1.29 is 18.3 Å². The highest BCUT2D eigenvalue weighted by Gasteiger charge is 2.51. The number of fused-ring (bicyclic) bond motifs is 1. The maximum atomic E-state index is 14.4. The summed E-state index contributed by atoms with van der Waals surface area (Å²) in [7, 11) is 0.534. The number of piperidine rings is 1. The molecule has 0 amide bonds. The topological polar surface area (TPSA) is 79.3 Å². The van der Waals surface area contributed by atoms with Crippen LogP contribution in [0.4, 0.5) is 8.78 Å². The highest BCUT2D eigenvalue weighted by atomic mass is 35.5. The van der Waals surface area contributed by atoms with Crippen molar-refractivity contribution in [3.05, 3.63) is 75.3 Å². The largest absolute Gasteiger partial charge is 0.361 e. The van der Waals surface area contributed by atoms with Gasteiger partial charge in [0.05, 0.1) is 16.5 Å². The van der Waals surface area contributed by atoms with Crippen molar-refractivity contribution in [3.63, 3.8) is 0 Å². The summed E-state index contributed by atoms with van der Waals surface area (Å²) >= 11 is 6.96. The number of hydrogen-bond donors (Lipinski definition) is 0. The van der Waals surface area contributed by atoms with Crippen LogP contribution in [0, 0.1) is 5.92 Å². The van der Waals surface area contributed by atoms with E-state index in [9.17, 15) is 13.6 Å². The maximum Gasteiger partial charge on any atom is 0.345 e. The van der Waals surface area contributed by atoms with Crippen molar-refractivity contribution in [2.45, 2.75) is 89.7 Å². The van der Waals surface area contributed by atoms with Crippen LogP contribution in [-0.2, 0) is 35.2 Å². The number of hydrogen-bond acceptors (Lipinski definition) is 6. The van der Waals surface area contributed by atoms with E-state index in [4.69, 9.17) is 21.1 Å². The van der Waals surface area contributed by atoms with E-state index in [-0.39, 0.29) is 12.3 Å². The Hall–Kier alpha value is -2.90. The Morgan fingerprint density at radius 1 is 1.19 bits per heavy atom. The van der Waals surface area contributed by atoms with Gasteiger partial charge in [0.15, 0.2) is 0 Å². The average molecular weight is 687 g/mol. The molecule has 47 heavy (non-hydrogen) atoms. The number of ether oxygens (including phenoxy) is 2. The minimum atomic E-state index is -2.85. The van der Waals surface area contributed by atoms with Gasteiger partial charge in [0.25, 0.3) is 5.56 Å². The van der Waals surface area contributed by atoms with Crippen molar-refractivity contribution in [1.29, 1.82) is 0 Å². The van der Waals surface area contributed by atoms with E-state index >= 15 is 0 Å². The van der Waals surface area contributed by atoms with Crippen molar-refractivity contribution >= 4 is 30.6 Å². The van der Waals surface area contributed by atoms with Gasteiger partial charge in [-0.1, -0.05) is 50.3 Å². The van der Waals surface area contributed by atoms with Crippen LogP contribution in [0.25, 0.3) is 16.6 Å². The van der Waals surface area contributed by atoms with E-state index in [0.29, 0.717) is 59.3 Å². The minimum Gasteiger partial charge on any atom is -0.361 e. The molecule has 254 valence electrons. The molecule has 0 N–H and O–H groups in total. The first-order valence-electron chi connectivity index (χ1n) is 16.5. The van der Waals surface area contributed by atoms with Gasteiger partial charge in [0.2, 0.25) is 0 Å². The first-order valence-corrected chi connectivity index (χ1v) is 20.6. The second kappa shape index (κ2) is 13.5. The number of likely N-dealkylation sites (tertiary alicyclic amines) is 1. The molecule has 2 aliphatic rings. The smallest absolute Gasteiger partial charge is 0.345 e. The number of nitrogens with zero attached hydrogens (tertiary/aromatic N) is 6. The molecule has 4 heterocycles. The molecule has 6 rings (SSSR count). The molecule has 1 aliphatic heterocycles. The summed E-state index contributed by atoms with van der Waals surface area (Å²) in [6.45, 7) is 10.0. The normalized spacial score (nSPS) is 22.3. The summed E-state index contributed by atoms with van der Waals surface area (Å²) in [6.07, 6.45) is 5.68. The molecule has 0 radical (unpaired) electrons. The van der Waals surface area contributed by atoms with Crippen LogP contribution in [0.15, 0.2) is 47.7 Å². The second-order valence-electron chi connectivity index (χ2n) is 14.6. The molecule has 9 nitrogen and oxygen atoms in total. The molecular formula is C34H45ClF2N6O3Si. The first kappa shape index (κ1) is 34.0. The van der Waals surface area contributed by atoms with Crippen LogP contribution in [-0.4, -0.2) is 69.3 Å². The fourth-order valence-corrected chi connectivity index (χ4v) is 8.21. The zero-order valence-corrected chi connectivity index (χ0v) is 29.6. The second-order valence-corrected chi connectivity index (χ2v) is 20.7. The third-order valence-corrected chi connectivity index (χ3v) is 11.7. The van der Waals surface area contributed by atoms with E-state index < -0.39 is 26.2 Å². The summed E-state index contributed by atoms with van der Waals surface area (Å²) < 4.78 is 42.7. The van der Waals surface area contributed by atoms with Crippen molar-refractivity contribution in [3.8, 4) is 5.69 Å². The fraction of sp³-hybridized carbons (Fsp3) is 0.559. The summed E-state index contributed by atoms with van der Waals surface area (Å²) in [5, 5.41) is 9.59. The maximum absolute atomic E-state index is 14.4. The predicted octanol–water partition coefficient (Wildman–Crippen LogP) is 6.81. The molecule has 1 saturated carbocycles. The van der Waals surface area contributed by atoms with E-state index in [1.165, 1.54) is 6.42 Å². The van der Waals surface area contributed by atoms with Gasteiger partial charge in [0.1, 0.15) is 24.4 Å². The number of alkyl halides is 2. The molecule has 13 heteroatoms. The van der Waals surface area contributed by atoms with E-state index in [2.05, 4.69) is 41.7 Å². The molecule has 0 unspecified atom stereocenters. The van der Waals surface area contributed by atoms with Gasteiger partial charge in [-0.3, -0.25) is 14.3 Å². The van der Waals surface area contributed by atoms with Crippen LogP contribution in [0.2, 0.25) is 30.7 Å². The Balaban J connectivity index is 1.40. The van der Waals surface area contributed by atoms with E-state index in [0.717, 1.165) is 36.8 Å². The van der Waals surface area contributed by atoms with Crippen LogP contribution < -0.4 is 5.56 Å². The summed E-state index contributed by atoms with van der Waals surface area (Å²) in [5.74, 6) is 1.28. The monoisotopic (exact) mass is 686 g/mol. The van der Waals surface area contributed by atoms with E-state index in [1.807, 2.05) is 41.9 Å². The lowest BCUT2D eigenvalue weighted by atomic mass is 9.62.